The van der Waals surface area contributed by atoms with E-state index in [9.17, 15) is 9.59 Å². The van der Waals surface area contributed by atoms with E-state index >= 15 is 0 Å². The average Bonchev–Trinajstić information content (AvgIpc) is 2.52. The Labute approximate surface area is 125 Å². The lowest BCUT2D eigenvalue weighted by molar-refractivity contribution is -0.118. The maximum absolute atomic E-state index is 12.1. The van der Waals surface area contributed by atoms with E-state index in [1.807, 2.05) is 6.07 Å². The van der Waals surface area contributed by atoms with Gasteiger partial charge in [-0.05, 0) is 12.0 Å². The lowest BCUT2D eigenvalue weighted by Crippen LogP contribution is -2.45. The zero-order valence-electron chi connectivity index (χ0n) is 12.6. The van der Waals surface area contributed by atoms with E-state index in [1.54, 1.807) is 17.3 Å². The Bertz CT molecular complexity index is 496. The van der Waals surface area contributed by atoms with Crippen LogP contribution in [0.2, 0.25) is 0 Å². The quantitative estimate of drug-likeness (QED) is 0.813. The van der Waals surface area contributed by atoms with Gasteiger partial charge in [0.15, 0.2) is 0 Å². The highest BCUT2D eigenvalue weighted by Crippen LogP contribution is 2.16. The van der Waals surface area contributed by atoms with Gasteiger partial charge >= 0.3 is 0 Å². The number of nitrogens with zero attached hydrogens (tertiary/aromatic N) is 3. The first-order chi connectivity index (χ1) is 10.1. The minimum atomic E-state index is -0.0930. The molecule has 21 heavy (non-hydrogen) atoms. The first kappa shape index (κ1) is 15.3. The maximum atomic E-state index is 12.1. The SMILES string of the molecule is CC(C)CNC(=O)c1cncc(N2CCN(C=O)CC2)c1. The number of carbonyl (C=O) groups excluding carboxylic acids is 2. The lowest BCUT2D eigenvalue weighted by Gasteiger charge is -2.34. The van der Waals surface area contributed by atoms with E-state index in [0.717, 1.165) is 25.2 Å². The van der Waals surface area contributed by atoms with E-state index in [1.165, 1.54) is 0 Å². The summed E-state index contributed by atoms with van der Waals surface area (Å²) in [4.78, 5) is 30.8. The largest absolute Gasteiger partial charge is 0.367 e. The van der Waals surface area contributed by atoms with Crippen LogP contribution in [-0.2, 0) is 4.79 Å². The first-order valence-corrected chi connectivity index (χ1v) is 7.27. The normalized spacial score (nSPS) is 15.2. The van der Waals surface area contributed by atoms with Crippen LogP contribution in [0, 0.1) is 5.92 Å². The molecular weight excluding hydrogens is 268 g/mol. The number of anilines is 1. The number of hydrogen-bond donors (Lipinski definition) is 1. The number of amides is 2. The number of nitrogens with one attached hydrogen (secondary N) is 1. The second-order valence-corrected chi connectivity index (χ2v) is 5.66. The van der Waals surface area contributed by atoms with E-state index in [0.29, 0.717) is 31.1 Å². The van der Waals surface area contributed by atoms with Crippen LogP contribution in [0.25, 0.3) is 0 Å². The summed E-state index contributed by atoms with van der Waals surface area (Å²) in [6.07, 6.45) is 4.22. The number of aromatic nitrogens is 1. The monoisotopic (exact) mass is 290 g/mol. The van der Waals surface area contributed by atoms with Crippen molar-refractivity contribution in [1.82, 2.24) is 15.2 Å². The van der Waals surface area contributed by atoms with E-state index in [2.05, 4.69) is 29.0 Å². The molecule has 1 aliphatic heterocycles. The third-order valence-electron chi connectivity index (χ3n) is 3.49. The molecule has 0 aromatic carbocycles. The summed E-state index contributed by atoms with van der Waals surface area (Å²) in [5, 5.41) is 2.89. The molecule has 1 aromatic rings. The fourth-order valence-electron chi connectivity index (χ4n) is 2.21. The van der Waals surface area contributed by atoms with Crippen LogP contribution in [0.15, 0.2) is 18.5 Å². The van der Waals surface area contributed by atoms with Crippen molar-refractivity contribution in [1.29, 1.82) is 0 Å². The van der Waals surface area contributed by atoms with Gasteiger partial charge < -0.3 is 15.1 Å². The minimum Gasteiger partial charge on any atom is -0.367 e. The molecule has 0 saturated carbocycles. The second kappa shape index (κ2) is 7.06. The number of carbonyl (C=O) groups is 2. The predicted molar refractivity (Wildman–Crippen MR) is 81.3 cm³/mol. The highest BCUT2D eigenvalue weighted by molar-refractivity contribution is 5.94. The summed E-state index contributed by atoms with van der Waals surface area (Å²) < 4.78 is 0. The van der Waals surface area contributed by atoms with Crippen LogP contribution in [-0.4, -0.2) is 54.9 Å². The Morgan fingerprint density at radius 3 is 2.67 bits per heavy atom. The number of hydrogen-bond acceptors (Lipinski definition) is 4. The molecule has 1 aromatic heterocycles. The molecule has 1 aliphatic rings. The molecule has 114 valence electrons. The highest BCUT2D eigenvalue weighted by atomic mass is 16.1. The molecule has 0 bridgehead atoms. The van der Waals surface area contributed by atoms with Crippen molar-refractivity contribution >= 4 is 18.0 Å². The molecule has 0 atom stereocenters. The molecule has 6 heteroatoms. The molecule has 6 nitrogen and oxygen atoms in total. The molecule has 2 heterocycles. The molecule has 2 amide bonds. The first-order valence-electron chi connectivity index (χ1n) is 7.27. The molecular formula is C15H22N4O2. The summed E-state index contributed by atoms with van der Waals surface area (Å²) in [5.41, 5.74) is 1.50. The Morgan fingerprint density at radius 1 is 1.33 bits per heavy atom. The van der Waals surface area contributed by atoms with Crippen molar-refractivity contribution < 1.29 is 9.59 Å². The van der Waals surface area contributed by atoms with Crippen LogP contribution in [0.4, 0.5) is 5.69 Å². The molecule has 0 unspecified atom stereocenters. The van der Waals surface area contributed by atoms with E-state index in [-0.39, 0.29) is 5.91 Å². The Kier molecular flexibility index (Phi) is 5.14. The van der Waals surface area contributed by atoms with Gasteiger partial charge in [-0.2, -0.15) is 0 Å². The topological polar surface area (TPSA) is 65.5 Å². The fraction of sp³-hybridized carbons (Fsp3) is 0.533. The van der Waals surface area contributed by atoms with Gasteiger partial charge in [0, 0.05) is 38.9 Å². The van der Waals surface area contributed by atoms with Gasteiger partial charge in [0.05, 0.1) is 17.4 Å². The lowest BCUT2D eigenvalue weighted by atomic mass is 10.2. The Morgan fingerprint density at radius 2 is 2.05 bits per heavy atom. The smallest absolute Gasteiger partial charge is 0.252 e. The predicted octanol–water partition coefficient (Wildman–Crippen LogP) is 0.746. The van der Waals surface area contributed by atoms with Gasteiger partial charge in [-0.3, -0.25) is 14.6 Å². The standard InChI is InChI=1S/C15H22N4O2/c1-12(2)8-17-15(21)13-7-14(10-16-9-13)19-5-3-18(11-20)4-6-19/h7,9-12H,3-6,8H2,1-2H3,(H,17,21). The minimum absolute atomic E-state index is 0.0930. The molecule has 0 radical (unpaired) electrons. The molecule has 1 fully saturated rings. The van der Waals surface area contributed by atoms with Crippen LogP contribution < -0.4 is 10.2 Å². The van der Waals surface area contributed by atoms with Gasteiger partial charge in [0.25, 0.3) is 5.91 Å². The summed E-state index contributed by atoms with van der Waals surface area (Å²) in [6, 6.07) is 1.86. The van der Waals surface area contributed by atoms with Crippen molar-refractivity contribution in [3.8, 4) is 0 Å². The zero-order valence-corrected chi connectivity index (χ0v) is 12.6. The van der Waals surface area contributed by atoms with Crippen molar-refractivity contribution in [2.45, 2.75) is 13.8 Å². The third kappa shape index (κ3) is 4.18. The summed E-state index contributed by atoms with van der Waals surface area (Å²) in [7, 11) is 0. The third-order valence-corrected chi connectivity index (χ3v) is 3.49. The molecule has 2 rings (SSSR count). The average molecular weight is 290 g/mol. The van der Waals surface area contributed by atoms with Crippen molar-refractivity contribution in [2.24, 2.45) is 5.92 Å². The highest BCUT2D eigenvalue weighted by Gasteiger charge is 2.17. The van der Waals surface area contributed by atoms with Gasteiger partial charge in [-0.25, -0.2) is 0 Å². The molecule has 0 spiro atoms. The maximum Gasteiger partial charge on any atom is 0.252 e. The summed E-state index contributed by atoms with van der Waals surface area (Å²) in [5.74, 6) is 0.325. The second-order valence-electron chi connectivity index (χ2n) is 5.66. The zero-order chi connectivity index (χ0) is 15.2. The molecule has 1 N–H and O–H groups in total. The van der Waals surface area contributed by atoms with Gasteiger partial charge in [-0.1, -0.05) is 13.8 Å². The van der Waals surface area contributed by atoms with Crippen molar-refractivity contribution in [3.63, 3.8) is 0 Å². The summed E-state index contributed by atoms with van der Waals surface area (Å²) >= 11 is 0. The van der Waals surface area contributed by atoms with Crippen LogP contribution in [0.5, 0.6) is 0 Å². The Balaban J connectivity index is 2.01. The van der Waals surface area contributed by atoms with Crippen molar-refractivity contribution in [3.05, 3.63) is 24.0 Å². The molecule has 1 saturated heterocycles. The number of rotatable bonds is 5. The summed E-state index contributed by atoms with van der Waals surface area (Å²) in [6.45, 7) is 7.69. The van der Waals surface area contributed by atoms with E-state index in [4.69, 9.17) is 0 Å². The van der Waals surface area contributed by atoms with Crippen molar-refractivity contribution in [2.75, 3.05) is 37.6 Å². The number of pyridine rings is 1. The fourth-order valence-corrected chi connectivity index (χ4v) is 2.21. The van der Waals surface area contributed by atoms with Crippen LogP contribution in [0.1, 0.15) is 24.2 Å². The van der Waals surface area contributed by atoms with Crippen LogP contribution >= 0.6 is 0 Å². The number of piperazine rings is 1. The van der Waals surface area contributed by atoms with Gasteiger partial charge in [-0.15, -0.1) is 0 Å². The Hall–Kier alpha value is -2.11. The van der Waals surface area contributed by atoms with Gasteiger partial charge in [0.1, 0.15) is 0 Å². The van der Waals surface area contributed by atoms with E-state index < -0.39 is 0 Å². The molecule has 0 aliphatic carbocycles. The van der Waals surface area contributed by atoms with Crippen LogP contribution in [0.3, 0.4) is 0 Å². The van der Waals surface area contributed by atoms with Gasteiger partial charge in [0.2, 0.25) is 6.41 Å².